The second kappa shape index (κ2) is 23.7. The van der Waals surface area contributed by atoms with Crippen LogP contribution in [0.15, 0.2) is 376 Å². The molecule has 0 unspecified atom stereocenters. The molecule has 0 bridgehead atoms. The maximum Gasteiger partial charge on any atom is 0.0619 e. The van der Waals surface area contributed by atoms with Gasteiger partial charge in [0.15, 0.2) is 0 Å². The van der Waals surface area contributed by atoms with Gasteiger partial charge >= 0.3 is 0 Å². The molecule has 0 radical (unpaired) electrons. The Hall–Kier alpha value is -12.8. The molecule has 4 nitrogen and oxygen atoms in total. The van der Waals surface area contributed by atoms with Crippen molar-refractivity contribution in [1.82, 2.24) is 9.13 Å². The number of benzene rings is 16. The second-order valence-electron chi connectivity index (χ2n) is 24.7. The molecule has 2 heterocycles. The monoisotopic (exact) mass is 1220 g/mol. The van der Waals surface area contributed by atoms with Crippen molar-refractivity contribution < 1.29 is 0 Å². The normalized spacial score (nSPS) is 11.5. The van der Waals surface area contributed by atoms with Crippen molar-refractivity contribution >= 4 is 99.0 Å². The molecule has 0 saturated heterocycles. The number of hydrogen-bond donors (Lipinski definition) is 0. The lowest BCUT2D eigenvalue weighted by atomic mass is 9.94. The molecule has 4 heteroatoms. The van der Waals surface area contributed by atoms with Crippen LogP contribution in [0.3, 0.4) is 0 Å². The van der Waals surface area contributed by atoms with Gasteiger partial charge in [0.05, 0.1) is 33.8 Å². The Kier molecular flexibility index (Phi) is 13.8. The van der Waals surface area contributed by atoms with Crippen LogP contribution in [0.5, 0.6) is 0 Å². The number of rotatable bonds is 13. The van der Waals surface area contributed by atoms with E-state index in [1.54, 1.807) is 0 Å². The summed E-state index contributed by atoms with van der Waals surface area (Å²) in [6.07, 6.45) is 0. The van der Waals surface area contributed by atoms with Crippen LogP contribution in [0.1, 0.15) is 0 Å². The van der Waals surface area contributed by atoms with Crippen molar-refractivity contribution in [1.29, 1.82) is 0 Å². The summed E-state index contributed by atoms with van der Waals surface area (Å²) in [6, 6.07) is 138. The van der Waals surface area contributed by atoms with Gasteiger partial charge in [-0.2, -0.15) is 0 Å². The lowest BCUT2D eigenvalue weighted by Crippen LogP contribution is -2.11. The Morgan fingerprint density at radius 1 is 0.188 bits per heavy atom. The van der Waals surface area contributed by atoms with E-state index in [1.165, 1.54) is 65.0 Å². The van der Waals surface area contributed by atoms with Gasteiger partial charge < -0.3 is 18.9 Å². The predicted molar refractivity (Wildman–Crippen MR) is 407 cm³/mol. The fraction of sp³-hybridized carbons (Fsp3) is 0. The highest BCUT2D eigenvalue weighted by molar-refractivity contribution is 6.17. The summed E-state index contributed by atoms with van der Waals surface area (Å²) in [7, 11) is 0. The van der Waals surface area contributed by atoms with Crippen molar-refractivity contribution in [2.24, 2.45) is 0 Å². The average Bonchev–Trinajstić information content (AvgIpc) is 1.52. The minimum absolute atomic E-state index is 1.07. The first-order valence-corrected chi connectivity index (χ1v) is 33.0. The number of aromatic nitrogens is 2. The lowest BCUT2D eigenvalue weighted by Gasteiger charge is -2.28. The van der Waals surface area contributed by atoms with Crippen molar-refractivity contribution in [2.45, 2.75) is 0 Å². The first-order valence-electron chi connectivity index (χ1n) is 33.0. The standard InChI is InChI=1S/C92H62N4/c1-7-27-63(28-8-1)89-83-59-67(47-57-85(83)95(91(89)65-31-11-3-12-32-65)75-53-49-73(50-54-75)93(71-37-15-5-16-38-71)87-61-69-35-19-21-41-77(69)79-43-23-25-45-81(79)87)68-48-58-86-84(60-68)90(64-29-9-2-10-30-64)92(66-33-13-4-14-34-66)96(86)76-55-51-74(52-56-76)94(72-39-17-6-18-40-72)88-62-70-36-20-22-42-78(70)80-44-24-26-46-82(80)88/h1-62H. The Morgan fingerprint density at radius 3 is 0.844 bits per heavy atom. The summed E-state index contributed by atoms with van der Waals surface area (Å²) in [4.78, 5) is 4.82. The number of anilines is 6. The highest BCUT2D eigenvalue weighted by Gasteiger charge is 2.27. The van der Waals surface area contributed by atoms with E-state index in [-0.39, 0.29) is 0 Å². The van der Waals surface area contributed by atoms with Crippen molar-refractivity contribution in [3.63, 3.8) is 0 Å². The molecule has 0 fully saturated rings. The predicted octanol–water partition coefficient (Wildman–Crippen LogP) is 25.5. The van der Waals surface area contributed by atoms with Crippen molar-refractivity contribution in [2.75, 3.05) is 9.80 Å². The summed E-state index contributed by atoms with van der Waals surface area (Å²) in [5.41, 5.74) is 22.5. The van der Waals surface area contributed by atoms with Gasteiger partial charge in [0.2, 0.25) is 0 Å². The van der Waals surface area contributed by atoms with E-state index in [0.717, 1.165) is 101 Å². The quantitative estimate of drug-likeness (QED) is 0.107. The van der Waals surface area contributed by atoms with Gasteiger partial charge in [0.1, 0.15) is 0 Å². The molecule has 0 spiro atoms. The van der Waals surface area contributed by atoms with E-state index in [1.807, 2.05) is 0 Å². The molecule has 96 heavy (non-hydrogen) atoms. The summed E-state index contributed by atoms with van der Waals surface area (Å²) in [5.74, 6) is 0. The van der Waals surface area contributed by atoms with E-state index in [9.17, 15) is 0 Å². The Morgan fingerprint density at radius 2 is 0.479 bits per heavy atom. The molecular formula is C92H62N4. The van der Waals surface area contributed by atoms with Crippen LogP contribution in [0.2, 0.25) is 0 Å². The van der Waals surface area contributed by atoms with Gasteiger partial charge in [-0.05, 0) is 175 Å². The molecule has 0 aliphatic rings. The highest BCUT2D eigenvalue weighted by atomic mass is 15.2. The van der Waals surface area contributed by atoms with Gasteiger partial charge in [-0.1, -0.05) is 267 Å². The molecule has 16 aromatic carbocycles. The Balaban J connectivity index is 0.809. The smallest absolute Gasteiger partial charge is 0.0619 e. The zero-order chi connectivity index (χ0) is 63.5. The SMILES string of the molecule is c1ccc(-c2c(-c3ccccc3)n(-c3ccc(N(c4ccccc4)c4cc5ccccc5c5ccccc45)cc3)c3ccc(-c4ccc5c(c4)c(-c4ccccc4)c(-c4ccccc4)n5-c4ccc(N(c5ccccc5)c5cc6ccccc6c6ccccc56)cc4)cc23)cc1. The average molecular weight is 1220 g/mol. The number of hydrogen-bond acceptors (Lipinski definition) is 2. The third kappa shape index (κ3) is 9.61. The maximum absolute atomic E-state index is 2.48. The summed E-state index contributed by atoms with van der Waals surface area (Å²) < 4.78 is 4.96. The third-order valence-corrected chi connectivity index (χ3v) is 19.2. The molecule has 0 aliphatic heterocycles. The van der Waals surface area contributed by atoms with E-state index in [0.29, 0.717) is 0 Å². The third-order valence-electron chi connectivity index (χ3n) is 19.2. The number of fused-ring (bicyclic) bond motifs is 8. The molecule has 2 aromatic heterocycles. The minimum atomic E-state index is 1.07. The second-order valence-corrected chi connectivity index (χ2v) is 24.7. The number of nitrogens with zero attached hydrogens (tertiary/aromatic N) is 4. The van der Waals surface area contributed by atoms with Crippen LogP contribution in [0.25, 0.3) is 132 Å². The van der Waals surface area contributed by atoms with Crippen LogP contribution in [-0.2, 0) is 0 Å². The zero-order valence-electron chi connectivity index (χ0n) is 52.6. The van der Waals surface area contributed by atoms with Crippen molar-refractivity contribution in [3.05, 3.63) is 376 Å². The summed E-state index contributed by atoms with van der Waals surface area (Å²) in [6.45, 7) is 0. The molecule has 0 aliphatic carbocycles. The van der Waals surface area contributed by atoms with E-state index in [2.05, 4.69) is 395 Å². The minimum Gasteiger partial charge on any atom is -0.310 e. The van der Waals surface area contributed by atoms with Gasteiger partial charge in [0.25, 0.3) is 0 Å². The lowest BCUT2D eigenvalue weighted by molar-refractivity contribution is 1.13. The van der Waals surface area contributed by atoms with Crippen LogP contribution >= 0.6 is 0 Å². The molecule has 0 atom stereocenters. The van der Waals surface area contributed by atoms with Gasteiger partial charge in [-0.3, -0.25) is 0 Å². The van der Waals surface area contributed by atoms with E-state index in [4.69, 9.17) is 0 Å². The van der Waals surface area contributed by atoms with Crippen molar-refractivity contribution in [3.8, 4) is 67.3 Å². The molecule has 18 aromatic rings. The largest absolute Gasteiger partial charge is 0.310 e. The zero-order valence-corrected chi connectivity index (χ0v) is 52.6. The molecular weight excluding hydrogens is 1160 g/mol. The maximum atomic E-state index is 2.48. The first kappa shape index (κ1) is 56.0. The molecule has 0 saturated carbocycles. The van der Waals surface area contributed by atoms with Gasteiger partial charge in [0, 0.05) is 66.8 Å². The topological polar surface area (TPSA) is 16.3 Å². The molecule has 450 valence electrons. The van der Waals surface area contributed by atoms with Gasteiger partial charge in [-0.25, -0.2) is 0 Å². The van der Waals surface area contributed by atoms with Crippen LogP contribution in [-0.4, -0.2) is 9.13 Å². The fourth-order valence-corrected chi connectivity index (χ4v) is 15.0. The van der Waals surface area contributed by atoms with Crippen LogP contribution < -0.4 is 9.80 Å². The molecule has 0 N–H and O–H groups in total. The number of para-hydroxylation sites is 2. The molecule has 0 amide bonds. The Labute approximate surface area is 558 Å². The van der Waals surface area contributed by atoms with E-state index >= 15 is 0 Å². The molecule has 18 rings (SSSR count). The summed E-state index contributed by atoms with van der Waals surface area (Å²) in [5, 5.41) is 12.1. The van der Waals surface area contributed by atoms with Crippen LogP contribution in [0.4, 0.5) is 34.1 Å². The summed E-state index contributed by atoms with van der Waals surface area (Å²) >= 11 is 0. The Bertz CT molecular complexity index is 5540. The van der Waals surface area contributed by atoms with Gasteiger partial charge in [-0.15, -0.1) is 0 Å². The fourth-order valence-electron chi connectivity index (χ4n) is 15.0. The highest BCUT2D eigenvalue weighted by Crippen LogP contribution is 2.50. The van der Waals surface area contributed by atoms with E-state index < -0.39 is 0 Å². The first-order chi connectivity index (χ1) is 47.7. The van der Waals surface area contributed by atoms with Crippen LogP contribution in [0, 0.1) is 0 Å².